The molecule has 0 bridgehead atoms. The second-order valence-corrected chi connectivity index (χ2v) is 9.85. The minimum atomic E-state index is -3.30. The Kier molecular flexibility index (Phi) is 7.92. The lowest BCUT2D eigenvalue weighted by molar-refractivity contribution is 0.296. The van der Waals surface area contributed by atoms with Crippen LogP contribution in [-0.2, 0) is 28.9 Å². The van der Waals surface area contributed by atoms with Crippen LogP contribution in [0.15, 0.2) is 47.5 Å². The van der Waals surface area contributed by atoms with Gasteiger partial charge in [0, 0.05) is 25.7 Å². The molecule has 1 fully saturated rings. The van der Waals surface area contributed by atoms with E-state index in [1.807, 2.05) is 24.3 Å². The molecule has 0 aliphatic heterocycles. The van der Waals surface area contributed by atoms with Gasteiger partial charge in [0.2, 0.25) is 10.0 Å². The second-order valence-electron chi connectivity index (χ2n) is 7.93. The van der Waals surface area contributed by atoms with Crippen molar-refractivity contribution in [3.8, 4) is 5.75 Å². The third kappa shape index (κ3) is 7.56. The largest absolute Gasteiger partial charge is 0.493 e. The van der Waals surface area contributed by atoms with Crippen molar-refractivity contribution in [1.82, 2.24) is 15.4 Å². The van der Waals surface area contributed by atoms with E-state index in [-0.39, 0.29) is 5.75 Å². The predicted molar refractivity (Wildman–Crippen MR) is 125 cm³/mol. The lowest BCUT2D eigenvalue weighted by Crippen LogP contribution is -2.36. The smallest absolute Gasteiger partial charge is 0.215 e. The lowest BCUT2D eigenvalue weighted by Gasteiger charge is -2.16. The molecule has 1 aliphatic carbocycles. The summed E-state index contributed by atoms with van der Waals surface area (Å²) in [7, 11) is -0.146. The maximum absolute atomic E-state index is 11.8. The van der Waals surface area contributed by atoms with Crippen LogP contribution in [0.5, 0.6) is 5.75 Å². The number of guanidine groups is 1. The van der Waals surface area contributed by atoms with Crippen molar-refractivity contribution < 1.29 is 13.2 Å². The number of hydrogen-bond donors (Lipinski definition) is 3. The quantitative estimate of drug-likeness (QED) is 0.387. The number of nitrogens with one attached hydrogen (secondary N) is 3. The van der Waals surface area contributed by atoms with E-state index >= 15 is 0 Å². The molecular formula is C23H32N4O3S. The fraction of sp³-hybridized carbons (Fsp3) is 0.435. The van der Waals surface area contributed by atoms with E-state index in [9.17, 15) is 8.42 Å². The monoisotopic (exact) mass is 444 g/mol. The molecule has 0 aromatic heterocycles. The summed E-state index contributed by atoms with van der Waals surface area (Å²) in [5.74, 6) is 2.26. The topological polar surface area (TPSA) is 91.8 Å². The molecule has 3 rings (SSSR count). The van der Waals surface area contributed by atoms with Crippen LogP contribution >= 0.6 is 0 Å². The van der Waals surface area contributed by atoms with E-state index in [0.29, 0.717) is 25.0 Å². The molecule has 0 atom stereocenters. The maximum Gasteiger partial charge on any atom is 0.215 e. The summed E-state index contributed by atoms with van der Waals surface area (Å²) < 4.78 is 32.0. The van der Waals surface area contributed by atoms with Crippen LogP contribution in [0.25, 0.3) is 0 Å². The van der Waals surface area contributed by atoms with Crippen molar-refractivity contribution >= 4 is 16.0 Å². The molecule has 31 heavy (non-hydrogen) atoms. The van der Waals surface area contributed by atoms with Crippen LogP contribution in [0.1, 0.15) is 35.1 Å². The highest BCUT2D eigenvalue weighted by Crippen LogP contribution is 2.30. The van der Waals surface area contributed by atoms with E-state index in [2.05, 4.69) is 45.5 Å². The molecule has 1 saturated carbocycles. The van der Waals surface area contributed by atoms with Gasteiger partial charge in [0.15, 0.2) is 5.96 Å². The van der Waals surface area contributed by atoms with Gasteiger partial charge in [-0.15, -0.1) is 0 Å². The van der Waals surface area contributed by atoms with Gasteiger partial charge in [-0.3, -0.25) is 4.99 Å². The molecule has 168 valence electrons. The third-order valence-corrected chi connectivity index (χ3v) is 6.52. The number of hydrogen-bond acceptors (Lipinski definition) is 4. The maximum atomic E-state index is 11.8. The zero-order valence-electron chi connectivity index (χ0n) is 18.4. The average Bonchev–Trinajstić information content (AvgIpc) is 3.58. The predicted octanol–water partition coefficient (Wildman–Crippen LogP) is 2.70. The highest BCUT2D eigenvalue weighted by atomic mass is 32.2. The van der Waals surface area contributed by atoms with Crippen molar-refractivity contribution in [1.29, 1.82) is 0 Å². The van der Waals surface area contributed by atoms with Crippen LogP contribution in [0.2, 0.25) is 0 Å². The minimum Gasteiger partial charge on any atom is -0.493 e. The fourth-order valence-electron chi connectivity index (χ4n) is 3.14. The van der Waals surface area contributed by atoms with Crippen LogP contribution in [0.4, 0.5) is 0 Å². The first-order chi connectivity index (χ1) is 14.9. The normalized spacial score (nSPS) is 14.4. The molecule has 0 saturated heterocycles. The van der Waals surface area contributed by atoms with Crippen LogP contribution in [0, 0.1) is 12.8 Å². The SMILES string of the molecule is CN=C(NCc1cccc(CS(=O)(=O)NC)c1)NCc1ccc(C)cc1OCC1CC1. The lowest BCUT2D eigenvalue weighted by atomic mass is 10.1. The molecular weight excluding hydrogens is 412 g/mol. The molecule has 0 unspecified atom stereocenters. The summed E-state index contributed by atoms with van der Waals surface area (Å²) >= 11 is 0. The Hall–Kier alpha value is -2.58. The van der Waals surface area contributed by atoms with Crippen molar-refractivity contribution in [2.24, 2.45) is 10.9 Å². The number of aryl methyl sites for hydroxylation is 1. The van der Waals surface area contributed by atoms with E-state index in [0.717, 1.165) is 29.0 Å². The Morgan fingerprint density at radius 3 is 2.55 bits per heavy atom. The van der Waals surface area contributed by atoms with Crippen LogP contribution in [-0.4, -0.2) is 35.1 Å². The fourth-order valence-corrected chi connectivity index (χ4v) is 3.90. The average molecular weight is 445 g/mol. The Morgan fingerprint density at radius 1 is 1.10 bits per heavy atom. The second kappa shape index (κ2) is 10.6. The first-order valence-electron chi connectivity index (χ1n) is 10.5. The molecule has 1 aliphatic rings. The summed E-state index contributed by atoms with van der Waals surface area (Å²) in [6.07, 6.45) is 2.52. The summed E-state index contributed by atoms with van der Waals surface area (Å²) in [6.45, 7) is 3.98. The summed E-state index contributed by atoms with van der Waals surface area (Å²) in [6, 6.07) is 13.8. The number of nitrogens with zero attached hydrogens (tertiary/aromatic N) is 1. The van der Waals surface area contributed by atoms with Gasteiger partial charge >= 0.3 is 0 Å². The molecule has 0 spiro atoms. The standard InChI is InChI=1S/C23H32N4O3S/c1-17-7-10-21(22(11-17)30-15-18-8-9-18)14-27-23(24-2)26-13-19-5-4-6-20(12-19)16-31(28,29)25-3/h4-7,10-12,18,25H,8-9,13-16H2,1-3H3,(H2,24,26,27). The number of benzene rings is 2. The summed E-state index contributed by atoms with van der Waals surface area (Å²) in [5, 5.41) is 6.62. The van der Waals surface area contributed by atoms with E-state index in [4.69, 9.17) is 4.74 Å². The van der Waals surface area contributed by atoms with Gasteiger partial charge in [-0.2, -0.15) is 0 Å². The molecule has 7 nitrogen and oxygen atoms in total. The summed E-state index contributed by atoms with van der Waals surface area (Å²) in [5.41, 5.74) is 4.00. The van der Waals surface area contributed by atoms with Gasteiger partial charge in [-0.05, 0) is 55.5 Å². The summed E-state index contributed by atoms with van der Waals surface area (Å²) in [4.78, 5) is 4.29. The Labute approximate surface area is 185 Å². The van der Waals surface area contributed by atoms with Crippen molar-refractivity contribution in [3.05, 3.63) is 64.7 Å². The Morgan fingerprint density at radius 2 is 1.84 bits per heavy atom. The number of rotatable bonds is 10. The first kappa shape index (κ1) is 23.1. The molecule has 2 aromatic rings. The third-order valence-electron chi connectivity index (χ3n) is 5.18. The molecule has 0 amide bonds. The van der Waals surface area contributed by atoms with E-state index in [1.54, 1.807) is 7.05 Å². The molecule has 3 N–H and O–H groups in total. The minimum absolute atomic E-state index is 0.0403. The van der Waals surface area contributed by atoms with Crippen molar-refractivity contribution in [2.45, 2.75) is 38.6 Å². The van der Waals surface area contributed by atoms with Gasteiger partial charge < -0.3 is 15.4 Å². The molecule has 0 radical (unpaired) electrons. The van der Waals surface area contributed by atoms with Gasteiger partial charge in [0.05, 0.1) is 12.4 Å². The van der Waals surface area contributed by atoms with Crippen molar-refractivity contribution in [3.63, 3.8) is 0 Å². The van der Waals surface area contributed by atoms with Gasteiger partial charge in [0.1, 0.15) is 5.75 Å². The molecule has 8 heteroatoms. The molecule has 2 aromatic carbocycles. The van der Waals surface area contributed by atoms with Gasteiger partial charge in [0.25, 0.3) is 0 Å². The number of ether oxygens (including phenoxy) is 1. The highest BCUT2D eigenvalue weighted by molar-refractivity contribution is 7.88. The van der Waals surface area contributed by atoms with E-state index < -0.39 is 10.0 Å². The Bertz CT molecular complexity index is 1020. The zero-order chi connectivity index (χ0) is 22.3. The van der Waals surface area contributed by atoms with Crippen LogP contribution in [0.3, 0.4) is 0 Å². The highest BCUT2D eigenvalue weighted by Gasteiger charge is 2.22. The molecule has 0 heterocycles. The van der Waals surface area contributed by atoms with Crippen molar-refractivity contribution in [2.75, 3.05) is 20.7 Å². The number of aliphatic imine (C=N–C) groups is 1. The van der Waals surface area contributed by atoms with Crippen LogP contribution < -0.4 is 20.1 Å². The zero-order valence-corrected chi connectivity index (χ0v) is 19.3. The van der Waals surface area contributed by atoms with Gasteiger partial charge in [-0.25, -0.2) is 13.1 Å². The Balaban J connectivity index is 1.56. The van der Waals surface area contributed by atoms with E-state index in [1.165, 1.54) is 25.5 Å². The number of sulfonamides is 1. The van der Waals surface area contributed by atoms with Gasteiger partial charge in [-0.1, -0.05) is 36.4 Å². The first-order valence-corrected chi connectivity index (χ1v) is 12.2.